The highest BCUT2D eigenvalue weighted by Gasteiger charge is 2.26. The van der Waals surface area contributed by atoms with Crippen molar-refractivity contribution in [3.63, 3.8) is 0 Å². The van der Waals surface area contributed by atoms with E-state index in [2.05, 4.69) is 10.3 Å². The standard InChI is InChI=1S/C19H26N2O3/c1-13-15-7-5-6-8-17(15)20-14(2)16(13)11-18(23)21-19(3,9-10-22)12-24-4/h5-8,22H,9-12H2,1-4H3,(H,21,23). The number of nitrogens with one attached hydrogen (secondary N) is 1. The zero-order valence-corrected chi connectivity index (χ0v) is 14.8. The van der Waals surface area contributed by atoms with Crippen molar-refractivity contribution in [3.8, 4) is 0 Å². The Morgan fingerprint density at radius 1 is 1.33 bits per heavy atom. The van der Waals surface area contributed by atoms with Crippen LogP contribution in [0.15, 0.2) is 24.3 Å². The molecule has 1 unspecified atom stereocenters. The molecule has 5 nitrogen and oxygen atoms in total. The van der Waals surface area contributed by atoms with Crippen molar-refractivity contribution in [3.05, 3.63) is 41.1 Å². The highest BCUT2D eigenvalue weighted by Crippen LogP contribution is 2.23. The molecule has 1 aromatic heterocycles. The van der Waals surface area contributed by atoms with Crippen molar-refractivity contribution in [2.45, 2.75) is 39.2 Å². The van der Waals surface area contributed by atoms with Crippen molar-refractivity contribution in [2.75, 3.05) is 20.3 Å². The molecule has 1 aromatic carbocycles. The maximum Gasteiger partial charge on any atom is 0.225 e. The summed E-state index contributed by atoms with van der Waals surface area (Å²) >= 11 is 0. The van der Waals surface area contributed by atoms with Crippen molar-refractivity contribution in [1.82, 2.24) is 10.3 Å². The number of carbonyl (C=O) groups is 1. The molecule has 5 heteroatoms. The number of rotatable bonds is 7. The number of benzene rings is 1. The van der Waals surface area contributed by atoms with Crippen LogP contribution in [-0.4, -0.2) is 41.9 Å². The van der Waals surface area contributed by atoms with E-state index in [-0.39, 0.29) is 18.9 Å². The molecule has 0 aliphatic rings. The molecular weight excluding hydrogens is 304 g/mol. The van der Waals surface area contributed by atoms with E-state index in [9.17, 15) is 9.90 Å². The van der Waals surface area contributed by atoms with Gasteiger partial charge in [-0.1, -0.05) is 18.2 Å². The van der Waals surface area contributed by atoms with Crippen LogP contribution in [-0.2, 0) is 16.0 Å². The summed E-state index contributed by atoms with van der Waals surface area (Å²) in [6.07, 6.45) is 0.709. The first kappa shape index (κ1) is 18.4. The fraction of sp³-hybridized carbons (Fsp3) is 0.474. The molecule has 2 aromatic rings. The average molecular weight is 330 g/mol. The van der Waals surface area contributed by atoms with Crippen molar-refractivity contribution >= 4 is 16.8 Å². The maximum absolute atomic E-state index is 12.5. The highest BCUT2D eigenvalue weighted by atomic mass is 16.5. The molecule has 1 amide bonds. The summed E-state index contributed by atoms with van der Waals surface area (Å²) < 4.78 is 5.18. The molecule has 24 heavy (non-hydrogen) atoms. The van der Waals surface area contributed by atoms with Crippen molar-refractivity contribution in [2.24, 2.45) is 0 Å². The van der Waals surface area contributed by atoms with Crippen LogP contribution in [0.2, 0.25) is 0 Å². The Kier molecular flexibility index (Phi) is 5.91. The van der Waals surface area contributed by atoms with Crippen LogP contribution < -0.4 is 5.32 Å². The summed E-state index contributed by atoms with van der Waals surface area (Å²) in [5.41, 5.74) is 3.28. The number of nitrogens with zero attached hydrogens (tertiary/aromatic N) is 1. The number of hydrogen-bond donors (Lipinski definition) is 2. The molecule has 1 atom stereocenters. The summed E-state index contributed by atoms with van der Waals surface area (Å²) in [5, 5.41) is 13.3. The van der Waals surface area contributed by atoms with Crippen molar-refractivity contribution < 1.29 is 14.6 Å². The van der Waals surface area contributed by atoms with Crippen LogP contribution in [0, 0.1) is 13.8 Å². The summed E-state index contributed by atoms with van der Waals surface area (Å²) in [7, 11) is 1.59. The molecule has 2 rings (SSSR count). The minimum absolute atomic E-state index is 0.00424. The second-order valence-electron chi connectivity index (χ2n) is 6.51. The molecule has 1 heterocycles. The van der Waals surface area contributed by atoms with E-state index in [1.807, 2.05) is 45.0 Å². The van der Waals surface area contributed by atoms with Gasteiger partial charge in [-0.05, 0) is 44.4 Å². The number of hydrogen-bond acceptors (Lipinski definition) is 4. The number of carbonyl (C=O) groups excluding carboxylic acids is 1. The number of aromatic nitrogens is 1. The fourth-order valence-electron chi connectivity index (χ4n) is 3.11. The molecule has 0 saturated carbocycles. The second kappa shape index (κ2) is 7.73. The molecule has 0 radical (unpaired) electrons. The third-order valence-electron chi connectivity index (χ3n) is 4.39. The van der Waals surface area contributed by atoms with E-state index in [1.165, 1.54) is 0 Å². The van der Waals surface area contributed by atoms with Gasteiger partial charge in [0, 0.05) is 24.8 Å². The normalized spacial score (nSPS) is 13.7. The van der Waals surface area contributed by atoms with Gasteiger partial charge in [-0.15, -0.1) is 0 Å². The van der Waals surface area contributed by atoms with Gasteiger partial charge in [0.2, 0.25) is 5.91 Å². The Morgan fingerprint density at radius 3 is 2.71 bits per heavy atom. The van der Waals surface area contributed by atoms with Crippen molar-refractivity contribution in [1.29, 1.82) is 0 Å². The first-order chi connectivity index (χ1) is 11.4. The highest BCUT2D eigenvalue weighted by molar-refractivity contribution is 5.86. The first-order valence-corrected chi connectivity index (χ1v) is 8.16. The lowest BCUT2D eigenvalue weighted by atomic mass is 9.96. The lowest BCUT2D eigenvalue weighted by Crippen LogP contribution is -2.50. The first-order valence-electron chi connectivity index (χ1n) is 8.16. The van der Waals surface area contributed by atoms with Gasteiger partial charge in [-0.3, -0.25) is 9.78 Å². The van der Waals surface area contributed by atoms with Gasteiger partial charge >= 0.3 is 0 Å². The topological polar surface area (TPSA) is 71.5 Å². The predicted octanol–water partition coefficient (Wildman–Crippen LogP) is 2.30. The Hall–Kier alpha value is -1.98. The maximum atomic E-state index is 12.5. The number of para-hydroxylation sites is 1. The Morgan fingerprint density at radius 2 is 2.04 bits per heavy atom. The van der Waals surface area contributed by atoms with Gasteiger partial charge in [0.05, 0.1) is 24.1 Å². The number of aliphatic hydroxyl groups excluding tert-OH is 1. The van der Waals surface area contributed by atoms with Crippen LogP contribution >= 0.6 is 0 Å². The number of pyridine rings is 1. The Balaban J connectivity index is 2.24. The summed E-state index contributed by atoms with van der Waals surface area (Å²) in [4.78, 5) is 17.2. The lowest BCUT2D eigenvalue weighted by molar-refractivity contribution is -0.123. The number of amides is 1. The van der Waals surface area contributed by atoms with E-state index in [4.69, 9.17) is 4.74 Å². The van der Waals surface area contributed by atoms with E-state index in [1.54, 1.807) is 7.11 Å². The van der Waals surface area contributed by atoms with E-state index in [0.717, 1.165) is 27.7 Å². The van der Waals surface area contributed by atoms with Gasteiger partial charge in [-0.25, -0.2) is 0 Å². The fourth-order valence-corrected chi connectivity index (χ4v) is 3.11. The van der Waals surface area contributed by atoms with Gasteiger partial charge in [0.25, 0.3) is 0 Å². The molecule has 0 spiro atoms. The molecule has 0 aliphatic heterocycles. The number of fused-ring (bicyclic) bond motifs is 1. The predicted molar refractivity (Wildman–Crippen MR) is 95.0 cm³/mol. The Bertz CT molecular complexity index is 722. The van der Waals surface area contributed by atoms with Crippen LogP contribution in [0.5, 0.6) is 0 Å². The van der Waals surface area contributed by atoms with Crippen LogP contribution in [0.4, 0.5) is 0 Å². The van der Waals surface area contributed by atoms with E-state index in [0.29, 0.717) is 13.0 Å². The zero-order valence-electron chi connectivity index (χ0n) is 14.8. The van der Waals surface area contributed by atoms with Gasteiger partial charge < -0.3 is 15.2 Å². The molecule has 0 aliphatic carbocycles. The van der Waals surface area contributed by atoms with Gasteiger partial charge in [0.1, 0.15) is 0 Å². The van der Waals surface area contributed by atoms with E-state index >= 15 is 0 Å². The van der Waals surface area contributed by atoms with Gasteiger partial charge in [-0.2, -0.15) is 0 Å². The molecule has 2 N–H and O–H groups in total. The van der Waals surface area contributed by atoms with Crippen LogP contribution in [0.3, 0.4) is 0 Å². The number of methoxy groups -OCH3 is 1. The molecule has 0 saturated heterocycles. The molecule has 130 valence electrons. The van der Waals surface area contributed by atoms with E-state index < -0.39 is 5.54 Å². The zero-order chi connectivity index (χ0) is 17.7. The summed E-state index contributed by atoms with van der Waals surface area (Å²) in [6.45, 7) is 6.19. The number of aryl methyl sites for hydroxylation is 2. The summed E-state index contributed by atoms with van der Waals surface area (Å²) in [5.74, 6) is -0.0914. The third kappa shape index (κ3) is 4.10. The minimum atomic E-state index is -0.577. The smallest absolute Gasteiger partial charge is 0.225 e. The number of ether oxygens (including phenoxy) is 1. The second-order valence-corrected chi connectivity index (χ2v) is 6.51. The monoisotopic (exact) mass is 330 g/mol. The minimum Gasteiger partial charge on any atom is -0.396 e. The third-order valence-corrected chi connectivity index (χ3v) is 4.39. The van der Waals surface area contributed by atoms with Crippen LogP contribution in [0.1, 0.15) is 30.2 Å². The summed E-state index contributed by atoms with van der Waals surface area (Å²) in [6, 6.07) is 7.95. The molecule has 0 bridgehead atoms. The molecular formula is C19H26N2O3. The van der Waals surface area contributed by atoms with Crippen LogP contribution in [0.25, 0.3) is 10.9 Å². The largest absolute Gasteiger partial charge is 0.396 e. The quantitative estimate of drug-likeness (QED) is 0.817. The SMILES string of the molecule is COCC(C)(CCO)NC(=O)Cc1c(C)nc2ccccc2c1C. The number of aliphatic hydroxyl groups is 1. The lowest BCUT2D eigenvalue weighted by Gasteiger charge is -2.29. The molecule has 0 fully saturated rings. The Labute approximate surface area is 143 Å². The average Bonchev–Trinajstić information content (AvgIpc) is 2.51. The van der Waals surface area contributed by atoms with Gasteiger partial charge in [0.15, 0.2) is 0 Å².